The lowest BCUT2D eigenvalue weighted by atomic mass is 10.1. The van der Waals surface area contributed by atoms with Crippen molar-refractivity contribution in [1.29, 1.82) is 0 Å². The van der Waals surface area contributed by atoms with Gasteiger partial charge in [-0.3, -0.25) is 14.4 Å². The second kappa shape index (κ2) is 8.42. The van der Waals surface area contributed by atoms with Gasteiger partial charge in [-0.05, 0) is 30.3 Å². The summed E-state index contributed by atoms with van der Waals surface area (Å²) < 4.78 is 11.6. The highest BCUT2D eigenvalue weighted by atomic mass is 16.5. The van der Waals surface area contributed by atoms with Crippen LogP contribution in [0, 0.1) is 0 Å². The van der Waals surface area contributed by atoms with E-state index in [2.05, 4.69) is 15.7 Å². The first kappa shape index (κ1) is 19.9. The van der Waals surface area contributed by atoms with Gasteiger partial charge >= 0.3 is 0 Å². The second-order valence-electron chi connectivity index (χ2n) is 6.18. The van der Waals surface area contributed by atoms with Gasteiger partial charge in [0.2, 0.25) is 11.8 Å². The van der Waals surface area contributed by atoms with Gasteiger partial charge in [0, 0.05) is 23.7 Å². The van der Waals surface area contributed by atoms with Crippen molar-refractivity contribution in [3.8, 4) is 11.5 Å². The summed E-state index contributed by atoms with van der Waals surface area (Å²) in [6.45, 7) is 1.10. The van der Waals surface area contributed by atoms with Crippen molar-refractivity contribution in [3.63, 3.8) is 0 Å². The number of ether oxygens (including phenoxy) is 2. The summed E-state index contributed by atoms with van der Waals surface area (Å²) in [5, 5.41) is 10.2. The molecule has 2 aromatic carbocycles. The zero-order valence-electron chi connectivity index (χ0n) is 16.2. The maximum Gasteiger partial charge on any atom is 0.279 e. The summed E-state index contributed by atoms with van der Waals surface area (Å²) in [5.41, 5.74) is 0.558. The van der Waals surface area contributed by atoms with Crippen molar-refractivity contribution in [1.82, 2.24) is 9.78 Å². The molecule has 9 nitrogen and oxygen atoms in total. The molecule has 2 amide bonds. The van der Waals surface area contributed by atoms with Crippen LogP contribution in [0.15, 0.2) is 47.4 Å². The van der Waals surface area contributed by atoms with E-state index in [9.17, 15) is 14.4 Å². The molecule has 0 radical (unpaired) electrons. The van der Waals surface area contributed by atoms with E-state index in [0.717, 1.165) is 4.68 Å². The Balaban J connectivity index is 1.86. The molecule has 0 aliphatic carbocycles. The molecule has 0 bridgehead atoms. The fraction of sp³-hybridized carbons (Fsp3) is 0.200. The summed E-state index contributed by atoms with van der Waals surface area (Å²) in [6.07, 6.45) is 1.49. The van der Waals surface area contributed by atoms with E-state index in [1.165, 1.54) is 27.3 Å². The van der Waals surface area contributed by atoms with Crippen LogP contribution in [0.5, 0.6) is 11.5 Å². The lowest BCUT2D eigenvalue weighted by molar-refractivity contribution is -0.117. The van der Waals surface area contributed by atoms with Gasteiger partial charge in [0.15, 0.2) is 11.5 Å². The van der Waals surface area contributed by atoms with E-state index < -0.39 is 11.5 Å². The van der Waals surface area contributed by atoms with Gasteiger partial charge in [-0.25, -0.2) is 4.68 Å². The van der Waals surface area contributed by atoms with Gasteiger partial charge in [-0.15, -0.1) is 0 Å². The maximum absolute atomic E-state index is 12.9. The first-order valence-electron chi connectivity index (χ1n) is 8.71. The van der Waals surface area contributed by atoms with Crippen LogP contribution in [0.3, 0.4) is 0 Å². The number of anilines is 2. The number of hydrogen-bond donors (Lipinski definition) is 2. The third-order valence-corrected chi connectivity index (χ3v) is 4.12. The standard InChI is InChI=1S/C20H20N4O5/c1-12(25)22-14-5-4-6-15(9-14)23-17(26)11-24-20(27)18-13(10-21-24)7-8-16(28-2)19(18)29-3/h4-10H,11H2,1-3H3,(H,22,25)(H,23,26). The van der Waals surface area contributed by atoms with Crippen LogP contribution in [-0.2, 0) is 16.1 Å². The number of carbonyl (C=O) groups is 2. The average molecular weight is 396 g/mol. The van der Waals surface area contributed by atoms with Crippen LogP contribution in [0.4, 0.5) is 11.4 Å². The SMILES string of the molecule is COc1ccc2cnn(CC(=O)Nc3cccc(NC(C)=O)c3)c(=O)c2c1OC. The molecule has 150 valence electrons. The average Bonchev–Trinajstić information content (AvgIpc) is 2.69. The van der Waals surface area contributed by atoms with Crippen molar-refractivity contribution < 1.29 is 19.1 Å². The highest BCUT2D eigenvalue weighted by Crippen LogP contribution is 2.32. The Morgan fingerprint density at radius 3 is 2.45 bits per heavy atom. The van der Waals surface area contributed by atoms with Gasteiger partial charge in [-0.2, -0.15) is 5.10 Å². The molecule has 0 aliphatic heterocycles. The van der Waals surface area contributed by atoms with Gasteiger partial charge in [0.05, 0.1) is 25.8 Å². The highest BCUT2D eigenvalue weighted by Gasteiger charge is 2.16. The number of methoxy groups -OCH3 is 2. The van der Waals surface area contributed by atoms with E-state index in [-0.39, 0.29) is 23.6 Å². The second-order valence-corrected chi connectivity index (χ2v) is 6.18. The Hall–Kier alpha value is -3.88. The van der Waals surface area contributed by atoms with Crippen LogP contribution in [0.25, 0.3) is 10.8 Å². The predicted molar refractivity (Wildman–Crippen MR) is 108 cm³/mol. The van der Waals surface area contributed by atoms with E-state index in [1.54, 1.807) is 36.4 Å². The molecule has 1 aromatic heterocycles. The predicted octanol–water partition coefficient (Wildman–Crippen LogP) is 2.01. The Morgan fingerprint density at radius 2 is 1.79 bits per heavy atom. The van der Waals surface area contributed by atoms with Gasteiger partial charge in [0.25, 0.3) is 5.56 Å². The monoisotopic (exact) mass is 396 g/mol. The van der Waals surface area contributed by atoms with Crippen molar-refractivity contribution in [2.45, 2.75) is 13.5 Å². The number of hydrogen-bond acceptors (Lipinski definition) is 6. The Kier molecular flexibility index (Phi) is 5.77. The molecule has 9 heteroatoms. The smallest absolute Gasteiger partial charge is 0.279 e. The summed E-state index contributed by atoms with van der Waals surface area (Å²) in [7, 11) is 2.92. The van der Waals surface area contributed by atoms with Crippen molar-refractivity contribution in [2.24, 2.45) is 0 Å². The third-order valence-electron chi connectivity index (χ3n) is 4.12. The van der Waals surface area contributed by atoms with E-state index >= 15 is 0 Å². The zero-order valence-corrected chi connectivity index (χ0v) is 16.2. The van der Waals surface area contributed by atoms with Crippen molar-refractivity contribution >= 4 is 34.0 Å². The van der Waals surface area contributed by atoms with Gasteiger partial charge < -0.3 is 20.1 Å². The minimum absolute atomic E-state index is 0.218. The molecule has 0 aliphatic rings. The molecule has 3 rings (SSSR count). The lowest BCUT2D eigenvalue weighted by Crippen LogP contribution is -2.29. The van der Waals surface area contributed by atoms with E-state index in [4.69, 9.17) is 9.47 Å². The first-order valence-corrected chi connectivity index (χ1v) is 8.71. The largest absolute Gasteiger partial charge is 0.493 e. The number of nitrogens with one attached hydrogen (secondary N) is 2. The molecule has 0 atom stereocenters. The number of nitrogens with zero attached hydrogens (tertiary/aromatic N) is 2. The molecule has 0 unspecified atom stereocenters. The van der Waals surface area contributed by atoms with Gasteiger partial charge in [0.1, 0.15) is 6.54 Å². The molecule has 0 saturated carbocycles. The number of amides is 2. The van der Waals surface area contributed by atoms with Crippen LogP contribution in [0.1, 0.15) is 6.92 Å². The fourth-order valence-corrected chi connectivity index (χ4v) is 2.91. The van der Waals surface area contributed by atoms with Crippen LogP contribution < -0.4 is 25.7 Å². The Morgan fingerprint density at radius 1 is 1.07 bits per heavy atom. The quantitative estimate of drug-likeness (QED) is 0.659. The number of carbonyl (C=O) groups excluding carboxylic acids is 2. The van der Waals surface area contributed by atoms with Crippen LogP contribution >= 0.6 is 0 Å². The first-order chi connectivity index (χ1) is 13.9. The lowest BCUT2D eigenvalue weighted by Gasteiger charge is -2.12. The van der Waals surface area contributed by atoms with E-state index in [0.29, 0.717) is 22.5 Å². The molecular formula is C20H20N4O5. The molecule has 1 heterocycles. The Bertz CT molecular complexity index is 1140. The van der Waals surface area contributed by atoms with Crippen molar-refractivity contribution in [3.05, 3.63) is 52.9 Å². The normalized spacial score (nSPS) is 10.4. The summed E-state index contributed by atoms with van der Waals surface area (Å²) in [4.78, 5) is 36.5. The zero-order chi connectivity index (χ0) is 21.0. The molecular weight excluding hydrogens is 376 g/mol. The topological polar surface area (TPSA) is 112 Å². The fourth-order valence-electron chi connectivity index (χ4n) is 2.91. The number of fused-ring (bicyclic) bond motifs is 1. The molecule has 0 saturated heterocycles. The summed E-state index contributed by atoms with van der Waals surface area (Å²) >= 11 is 0. The highest BCUT2D eigenvalue weighted by molar-refractivity contribution is 5.93. The molecule has 2 N–H and O–H groups in total. The number of benzene rings is 2. The minimum atomic E-state index is -0.472. The van der Waals surface area contributed by atoms with Gasteiger partial charge in [-0.1, -0.05) is 6.07 Å². The van der Waals surface area contributed by atoms with Crippen LogP contribution in [-0.4, -0.2) is 35.8 Å². The third kappa shape index (κ3) is 4.34. The van der Waals surface area contributed by atoms with Crippen molar-refractivity contribution in [2.75, 3.05) is 24.9 Å². The number of aromatic nitrogens is 2. The molecule has 0 fully saturated rings. The summed E-state index contributed by atoms with van der Waals surface area (Å²) in [6, 6.07) is 10.1. The molecule has 0 spiro atoms. The Labute approximate surface area is 166 Å². The minimum Gasteiger partial charge on any atom is -0.493 e. The van der Waals surface area contributed by atoms with Crippen LogP contribution in [0.2, 0.25) is 0 Å². The van der Waals surface area contributed by atoms with E-state index in [1.807, 2.05) is 0 Å². The molecule has 3 aromatic rings. The number of rotatable bonds is 6. The summed E-state index contributed by atoms with van der Waals surface area (Å²) in [5.74, 6) is 0.0363. The molecule has 29 heavy (non-hydrogen) atoms. The maximum atomic E-state index is 12.9.